The smallest absolute Gasteiger partial charge is 0.303 e. The van der Waals surface area contributed by atoms with Gasteiger partial charge in [-0.3, -0.25) is 14.4 Å². The summed E-state index contributed by atoms with van der Waals surface area (Å²) < 4.78 is 10.8. The minimum atomic E-state index is -0.868. The van der Waals surface area contributed by atoms with E-state index in [1.54, 1.807) is 24.3 Å². The standard InChI is InChI=1S/C26H25NO7/c28-19(12-10-17-7-3-1-4-8-17)23-24(18-11-13-20-21(15-18)34-16-33-20)27(26(32)25(23)31)14-6-2-5-9-22(29)30/h1,3-4,7-8,10-13,15,24,31H,2,5-6,9,14,16H2,(H,29,30)/b12-10+. The van der Waals surface area contributed by atoms with Crippen molar-refractivity contribution in [1.29, 1.82) is 0 Å². The van der Waals surface area contributed by atoms with Gasteiger partial charge in [-0.05, 0) is 42.2 Å². The quantitative estimate of drug-likeness (QED) is 0.404. The van der Waals surface area contributed by atoms with Crippen LogP contribution >= 0.6 is 0 Å². The van der Waals surface area contributed by atoms with Gasteiger partial charge in [0.15, 0.2) is 23.0 Å². The maximum atomic E-state index is 13.2. The van der Waals surface area contributed by atoms with Gasteiger partial charge in [-0.2, -0.15) is 0 Å². The zero-order valence-corrected chi connectivity index (χ0v) is 18.5. The fraction of sp³-hybridized carbons (Fsp3) is 0.269. The van der Waals surface area contributed by atoms with E-state index in [0.717, 1.165) is 5.56 Å². The summed E-state index contributed by atoms with van der Waals surface area (Å²) in [6.45, 7) is 0.350. The van der Waals surface area contributed by atoms with Gasteiger partial charge in [0.25, 0.3) is 5.91 Å². The number of amides is 1. The molecule has 2 aliphatic heterocycles. The normalized spacial score (nSPS) is 17.1. The molecule has 1 unspecified atom stereocenters. The van der Waals surface area contributed by atoms with Crippen molar-refractivity contribution in [2.24, 2.45) is 0 Å². The van der Waals surface area contributed by atoms with Crippen LogP contribution in [0.5, 0.6) is 11.5 Å². The molecule has 0 aliphatic carbocycles. The molecule has 0 radical (unpaired) electrons. The lowest BCUT2D eigenvalue weighted by molar-refractivity contribution is -0.137. The summed E-state index contributed by atoms with van der Waals surface area (Å²) in [7, 11) is 0. The van der Waals surface area contributed by atoms with E-state index in [1.165, 1.54) is 11.0 Å². The molecule has 0 saturated heterocycles. The van der Waals surface area contributed by atoms with Gasteiger partial charge in [0.05, 0.1) is 11.6 Å². The number of hydrogen-bond acceptors (Lipinski definition) is 6. The van der Waals surface area contributed by atoms with Gasteiger partial charge in [-0.25, -0.2) is 0 Å². The van der Waals surface area contributed by atoms with Crippen molar-refractivity contribution in [3.05, 3.63) is 77.1 Å². The van der Waals surface area contributed by atoms with Crippen LogP contribution in [0.1, 0.15) is 42.9 Å². The van der Waals surface area contributed by atoms with E-state index < -0.39 is 29.5 Å². The van der Waals surface area contributed by atoms with Crippen LogP contribution < -0.4 is 9.47 Å². The lowest BCUT2D eigenvalue weighted by Gasteiger charge is -2.26. The lowest BCUT2D eigenvalue weighted by Crippen LogP contribution is -2.32. The van der Waals surface area contributed by atoms with Crippen LogP contribution in [0.25, 0.3) is 6.08 Å². The number of nitrogens with zero attached hydrogens (tertiary/aromatic N) is 1. The van der Waals surface area contributed by atoms with Crippen molar-refractivity contribution in [3.8, 4) is 11.5 Å². The van der Waals surface area contributed by atoms with Gasteiger partial charge in [0.2, 0.25) is 6.79 Å². The Kier molecular flexibility index (Phi) is 6.96. The third-order valence-electron chi connectivity index (χ3n) is 5.80. The molecule has 2 heterocycles. The molecule has 4 rings (SSSR count). The highest BCUT2D eigenvalue weighted by Gasteiger charge is 2.43. The monoisotopic (exact) mass is 463 g/mol. The maximum absolute atomic E-state index is 13.2. The number of unbranched alkanes of at least 4 members (excludes halogenated alkanes) is 2. The summed E-state index contributed by atoms with van der Waals surface area (Å²) in [6.07, 6.45) is 4.66. The van der Waals surface area contributed by atoms with E-state index in [2.05, 4.69) is 0 Å². The highest BCUT2D eigenvalue weighted by molar-refractivity contribution is 6.14. The van der Waals surface area contributed by atoms with Crippen molar-refractivity contribution in [2.45, 2.75) is 31.7 Å². The van der Waals surface area contributed by atoms with Crippen molar-refractivity contribution in [2.75, 3.05) is 13.3 Å². The van der Waals surface area contributed by atoms with Crippen LogP contribution in [0.15, 0.2) is 65.9 Å². The first-order valence-electron chi connectivity index (χ1n) is 11.1. The minimum Gasteiger partial charge on any atom is -0.503 e. The molecule has 2 aromatic rings. The first-order valence-corrected chi connectivity index (χ1v) is 11.1. The largest absolute Gasteiger partial charge is 0.503 e. The van der Waals surface area contributed by atoms with Crippen LogP contribution in [-0.4, -0.2) is 46.1 Å². The van der Waals surface area contributed by atoms with Crippen LogP contribution in [0, 0.1) is 0 Å². The molecule has 34 heavy (non-hydrogen) atoms. The predicted molar refractivity (Wildman–Crippen MR) is 123 cm³/mol. The second-order valence-corrected chi connectivity index (χ2v) is 8.09. The van der Waals surface area contributed by atoms with Crippen molar-refractivity contribution < 1.29 is 34.1 Å². The number of carboxylic acid groups (broad SMARTS) is 1. The molecule has 8 heteroatoms. The van der Waals surface area contributed by atoms with E-state index in [9.17, 15) is 19.5 Å². The van der Waals surface area contributed by atoms with E-state index in [-0.39, 0.29) is 25.3 Å². The number of carboxylic acids is 1. The Morgan fingerprint density at radius 3 is 2.56 bits per heavy atom. The molecule has 1 amide bonds. The number of hydrogen-bond donors (Lipinski definition) is 2. The molecule has 2 aromatic carbocycles. The second-order valence-electron chi connectivity index (χ2n) is 8.09. The molecule has 0 fully saturated rings. The number of ketones is 1. The Morgan fingerprint density at radius 1 is 1.03 bits per heavy atom. The average molecular weight is 463 g/mol. The Labute approximate surface area is 196 Å². The third kappa shape index (κ3) is 4.96. The summed E-state index contributed by atoms with van der Waals surface area (Å²) >= 11 is 0. The Balaban J connectivity index is 1.61. The molecule has 0 saturated carbocycles. The Morgan fingerprint density at radius 2 is 1.79 bits per heavy atom. The number of aliphatic carboxylic acids is 1. The molecule has 176 valence electrons. The molecule has 2 N–H and O–H groups in total. The molecule has 0 bridgehead atoms. The molecule has 2 aliphatic rings. The third-order valence-corrected chi connectivity index (χ3v) is 5.80. The van der Waals surface area contributed by atoms with Crippen LogP contribution in [-0.2, 0) is 14.4 Å². The van der Waals surface area contributed by atoms with Crippen molar-refractivity contribution >= 4 is 23.7 Å². The molecule has 8 nitrogen and oxygen atoms in total. The zero-order valence-electron chi connectivity index (χ0n) is 18.5. The highest BCUT2D eigenvalue weighted by Crippen LogP contribution is 2.42. The van der Waals surface area contributed by atoms with Crippen molar-refractivity contribution in [1.82, 2.24) is 4.90 Å². The number of ether oxygens (including phenoxy) is 2. The number of aliphatic hydroxyl groups excluding tert-OH is 1. The summed E-state index contributed by atoms with van der Waals surface area (Å²) in [5.74, 6) is -1.46. The number of aliphatic hydroxyl groups is 1. The number of allylic oxidation sites excluding steroid dienone is 1. The van der Waals surface area contributed by atoms with Crippen LogP contribution in [0.2, 0.25) is 0 Å². The average Bonchev–Trinajstić information content (AvgIpc) is 3.40. The molecule has 0 spiro atoms. The lowest BCUT2D eigenvalue weighted by atomic mass is 9.95. The van der Waals surface area contributed by atoms with E-state index >= 15 is 0 Å². The van der Waals surface area contributed by atoms with Crippen LogP contribution in [0.4, 0.5) is 0 Å². The fourth-order valence-corrected chi connectivity index (χ4v) is 4.13. The van der Waals surface area contributed by atoms with E-state index in [0.29, 0.717) is 36.3 Å². The zero-order chi connectivity index (χ0) is 24.1. The number of fused-ring (bicyclic) bond motifs is 1. The number of rotatable bonds is 10. The molecule has 0 aromatic heterocycles. The first-order chi connectivity index (χ1) is 16.5. The summed E-state index contributed by atoms with van der Waals surface area (Å²) in [5.41, 5.74) is 1.43. The molecule has 1 atom stereocenters. The molecular weight excluding hydrogens is 438 g/mol. The van der Waals surface area contributed by atoms with Gasteiger partial charge < -0.3 is 24.6 Å². The van der Waals surface area contributed by atoms with E-state index in [4.69, 9.17) is 14.6 Å². The van der Waals surface area contributed by atoms with Gasteiger partial charge >= 0.3 is 5.97 Å². The Hall–Kier alpha value is -4.07. The second kappa shape index (κ2) is 10.2. The van der Waals surface area contributed by atoms with Gasteiger partial charge in [-0.1, -0.05) is 48.9 Å². The molecular formula is C26H25NO7. The summed E-state index contributed by atoms with van der Waals surface area (Å²) in [6, 6.07) is 13.6. The van der Waals surface area contributed by atoms with E-state index in [1.807, 2.05) is 30.3 Å². The predicted octanol–water partition coefficient (Wildman–Crippen LogP) is 4.04. The van der Waals surface area contributed by atoms with Crippen LogP contribution in [0.3, 0.4) is 0 Å². The number of benzene rings is 2. The first kappa shape index (κ1) is 23.1. The topological polar surface area (TPSA) is 113 Å². The SMILES string of the molecule is O=C(O)CCCCCN1C(=O)C(O)=C(C(=O)/C=C/c2ccccc2)C1c1ccc2c(c1)OCO2. The highest BCUT2D eigenvalue weighted by atomic mass is 16.7. The van der Waals surface area contributed by atoms with Gasteiger partial charge in [0.1, 0.15) is 0 Å². The minimum absolute atomic E-state index is 0.00147. The maximum Gasteiger partial charge on any atom is 0.303 e. The summed E-state index contributed by atoms with van der Waals surface area (Å²) in [5, 5.41) is 19.5. The Bertz CT molecular complexity index is 1150. The number of carbonyl (C=O) groups is 3. The van der Waals surface area contributed by atoms with Gasteiger partial charge in [-0.15, -0.1) is 0 Å². The fourth-order valence-electron chi connectivity index (χ4n) is 4.13. The number of carbonyl (C=O) groups excluding carboxylic acids is 2. The van der Waals surface area contributed by atoms with Crippen molar-refractivity contribution in [3.63, 3.8) is 0 Å². The summed E-state index contributed by atoms with van der Waals surface area (Å²) in [4.78, 5) is 38.4. The van der Waals surface area contributed by atoms with Gasteiger partial charge in [0, 0.05) is 13.0 Å².